The van der Waals surface area contributed by atoms with Gasteiger partial charge in [-0.2, -0.15) is 18.3 Å². The molecule has 22 heavy (non-hydrogen) atoms. The van der Waals surface area contributed by atoms with E-state index in [0.29, 0.717) is 32.2 Å². The number of alkyl halides is 3. The maximum atomic E-state index is 12.5. The topological polar surface area (TPSA) is 81.3 Å². The van der Waals surface area contributed by atoms with Gasteiger partial charge in [-0.25, -0.2) is 0 Å². The minimum absolute atomic E-state index is 0.152. The number of aromatic nitrogens is 2. The van der Waals surface area contributed by atoms with Crippen molar-refractivity contribution in [3.63, 3.8) is 0 Å². The molecule has 3 rings (SSSR count). The molecule has 0 aliphatic carbocycles. The molecule has 0 saturated carbocycles. The van der Waals surface area contributed by atoms with Crippen molar-refractivity contribution in [1.82, 2.24) is 25.3 Å². The van der Waals surface area contributed by atoms with Crippen LogP contribution in [0.1, 0.15) is 16.2 Å². The molecule has 1 aromatic rings. The molecule has 120 valence electrons. The normalized spacial score (nSPS) is 23.1. The van der Waals surface area contributed by atoms with Crippen molar-refractivity contribution >= 4 is 11.8 Å². The van der Waals surface area contributed by atoms with Crippen LogP contribution in [0, 0.1) is 0 Å². The maximum Gasteiger partial charge on any atom is 0.432 e. The number of rotatable bonds is 1. The van der Waals surface area contributed by atoms with Gasteiger partial charge in [0.2, 0.25) is 5.91 Å². The van der Waals surface area contributed by atoms with Crippen LogP contribution in [0.2, 0.25) is 0 Å². The first-order valence-electron chi connectivity index (χ1n) is 6.80. The average molecular weight is 317 g/mol. The standard InChI is InChI=1S/C12H14F3N5O2/c13-12(14,15)9-5-7(17-18-9)11(22)20-4-3-19-2-1-16-10(21)8(19)6-20/h5,8H,1-4,6H2,(H,16,21)(H,17,18)/t8-/m1/s1. The number of piperazine rings is 2. The van der Waals surface area contributed by atoms with Gasteiger partial charge in [-0.15, -0.1) is 0 Å². The van der Waals surface area contributed by atoms with Crippen LogP contribution in [0.25, 0.3) is 0 Å². The molecule has 2 N–H and O–H groups in total. The highest BCUT2D eigenvalue weighted by Gasteiger charge is 2.38. The van der Waals surface area contributed by atoms with Gasteiger partial charge in [0.05, 0.1) is 0 Å². The molecule has 0 radical (unpaired) electrons. The lowest BCUT2D eigenvalue weighted by molar-refractivity contribution is -0.141. The lowest BCUT2D eigenvalue weighted by atomic mass is 10.1. The number of nitrogens with one attached hydrogen (secondary N) is 2. The predicted octanol–water partition coefficient (Wildman–Crippen LogP) is -0.315. The molecule has 7 nitrogen and oxygen atoms in total. The van der Waals surface area contributed by atoms with Gasteiger partial charge in [0.15, 0.2) is 5.69 Å². The fourth-order valence-electron chi connectivity index (χ4n) is 2.70. The Labute approximate surface area is 123 Å². The molecule has 2 fully saturated rings. The van der Waals surface area contributed by atoms with Gasteiger partial charge in [0, 0.05) is 38.8 Å². The van der Waals surface area contributed by atoms with E-state index in [1.807, 2.05) is 10.00 Å². The number of nitrogens with zero attached hydrogens (tertiary/aromatic N) is 3. The van der Waals surface area contributed by atoms with Crippen molar-refractivity contribution in [3.05, 3.63) is 17.5 Å². The van der Waals surface area contributed by atoms with E-state index in [-0.39, 0.29) is 18.1 Å². The molecular formula is C12H14F3N5O2. The second kappa shape index (κ2) is 5.27. The fourth-order valence-corrected chi connectivity index (χ4v) is 2.70. The number of aromatic amines is 1. The third-order valence-corrected chi connectivity index (χ3v) is 3.88. The van der Waals surface area contributed by atoms with E-state index >= 15 is 0 Å². The van der Waals surface area contributed by atoms with E-state index in [1.54, 1.807) is 0 Å². The Bertz CT molecular complexity index is 600. The number of halogens is 3. The van der Waals surface area contributed by atoms with Crippen molar-refractivity contribution in [1.29, 1.82) is 0 Å². The summed E-state index contributed by atoms with van der Waals surface area (Å²) in [5.74, 6) is -0.772. The first-order valence-corrected chi connectivity index (χ1v) is 6.80. The van der Waals surface area contributed by atoms with Crippen LogP contribution in [0.5, 0.6) is 0 Å². The van der Waals surface area contributed by atoms with Gasteiger partial charge < -0.3 is 10.2 Å². The van der Waals surface area contributed by atoms with E-state index in [1.165, 1.54) is 4.90 Å². The summed E-state index contributed by atoms with van der Waals surface area (Å²) in [4.78, 5) is 27.4. The Morgan fingerprint density at radius 1 is 1.32 bits per heavy atom. The van der Waals surface area contributed by atoms with Crippen LogP contribution in [-0.2, 0) is 11.0 Å². The number of hydrogen-bond acceptors (Lipinski definition) is 4. The molecule has 10 heteroatoms. The van der Waals surface area contributed by atoms with Crippen LogP contribution in [0.4, 0.5) is 13.2 Å². The smallest absolute Gasteiger partial charge is 0.353 e. The Balaban J connectivity index is 1.73. The monoisotopic (exact) mass is 317 g/mol. The lowest BCUT2D eigenvalue weighted by Crippen LogP contribution is -2.64. The van der Waals surface area contributed by atoms with Gasteiger partial charge in [0.25, 0.3) is 5.91 Å². The number of carbonyl (C=O) groups is 2. The number of fused-ring (bicyclic) bond motifs is 1. The molecular weight excluding hydrogens is 303 g/mol. The third-order valence-electron chi connectivity index (χ3n) is 3.88. The van der Waals surface area contributed by atoms with E-state index in [0.717, 1.165) is 0 Å². The SMILES string of the molecule is O=C1NCCN2CCN(C(=O)c3cc(C(F)(F)F)[nH]n3)C[C@H]12. The second-order valence-corrected chi connectivity index (χ2v) is 5.26. The number of carbonyl (C=O) groups excluding carboxylic acids is 2. The van der Waals surface area contributed by atoms with Gasteiger partial charge >= 0.3 is 6.18 Å². The summed E-state index contributed by atoms with van der Waals surface area (Å²) >= 11 is 0. The molecule has 2 aliphatic rings. The molecule has 3 heterocycles. The zero-order chi connectivity index (χ0) is 15.9. The molecule has 0 spiro atoms. The Morgan fingerprint density at radius 3 is 2.77 bits per heavy atom. The zero-order valence-corrected chi connectivity index (χ0v) is 11.5. The Morgan fingerprint density at radius 2 is 2.09 bits per heavy atom. The molecule has 2 saturated heterocycles. The minimum Gasteiger partial charge on any atom is -0.353 e. The number of hydrogen-bond donors (Lipinski definition) is 2. The van der Waals surface area contributed by atoms with Crippen LogP contribution >= 0.6 is 0 Å². The van der Waals surface area contributed by atoms with Crippen LogP contribution in [-0.4, -0.2) is 70.6 Å². The van der Waals surface area contributed by atoms with Crippen molar-refractivity contribution in [2.45, 2.75) is 12.2 Å². The van der Waals surface area contributed by atoms with Crippen LogP contribution < -0.4 is 5.32 Å². The summed E-state index contributed by atoms with van der Waals surface area (Å²) in [6.07, 6.45) is -4.58. The highest BCUT2D eigenvalue weighted by atomic mass is 19.4. The van der Waals surface area contributed by atoms with E-state index in [2.05, 4.69) is 10.4 Å². The Kier molecular flexibility index (Phi) is 3.55. The zero-order valence-electron chi connectivity index (χ0n) is 11.5. The highest BCUT2D eigenvalue weighted by molar-refractivity contribution is 5.93. The highest BCUT2D eigenvalue weighted by Crippen LogP contribution is 2.28. The summed E-state index contributed by atoms with van der Waals surface area (Å²) in [6, 6.07) is 0.239. The third kappa shape index (κ3) is 2.65. The summed E-state index contributed by atoms with van der Waals surface area (Å²) in [6.45, 7) is 2.30. The van der Waals surface area contributed by atoms with Crippen LogP contribution in [0.15, 0.2) is 6.07 Å². The summed E-state index contributed by atoms with van der Waals surface area (Å²) in [5, 5.41) is 7.96. The van der Waals surface area contributed by atoms with Gasteiger partial charge in [-0.3, -0.25) is 19.6 Å². The van der Waals surface area contributed by atoms with E-state index in [9.17, 15) is 22.8 Å². The minimum atomic E-state index is -4.58. The first kappa shape index (κ1) is 14.8. The maximum absolute atomic E-state index is 12.5. The molecule has 0 aromatic carbocycles. The number of amides is 2. The molecule has 0 unspecified atom stereocenters. The summed E-state index contributed by atoms with van der Waals surface area (Å²) in [5.41, 5.74) is -1.36. The first-order chi connectivity index (χ1) is 10.4. The van der Waals surface area contributed by atoms with Gasteiger partial charge in [-0.1, -0.05) is 0 Å². The Hall–Kier alpha value is -2.10. The molecule has 1 atom stereocenters. The largest absolute Gasteiger partial charge is 0.432 e. The van der Waals surface area contributed by atoms with Crippen molar-refractivity contribution < 1.29 is 22.8 Å². The quantitative estimate of drug-likeness (QED) is 0.744. The predicted molar refractivity (Wildman–Crippen MR) is 67.9 cm³/mol. The molecule has 2 amide bonds. The number of H-pyrrole nitrogens is 1. The second-order valence-electron chi connectivity index (χ2n) is 5.26. The van der Waals surface area contributed by atoms with Crippen LogP contribution in [0.3, 0.4) is 0 Å². The molecule has 2 aliphatic heterocycles. The molecule has 1 aromatic heterocycles. The lowest BCUT2D eigenvalue weighted by Gasteiger charge is -2.42. The van der Waals surface area contributed by atoms with E-state index < -0.39 is 23.8 Å². The van der Waals surface area contributed by atoms with Crippen molar-refractivity contribution in [3.8, 4) is 0 Å². The molecule has 0 bridgehead atoms. The average Bonchev–Trinajstić information content (AvgIpc) is 2.96. The summed E-state index contributed by atoms with van der Waals surface area (Å²) < 4.78 is 37.6. The summed E-state index contributed by atoms with van der Waals surface area (Å²) in [7, 11) is 0. The van der Waals surface area contributed by atoms with Crippen molar-refractivity contribution in [2.24, 2.45) is 0 Å². The van der Waals surface area contributed by atoms with E-state index in [4.69, 9.17) is 0 Å². The van der Waals surface area contributed by atoms with Crippen molar-refractivity contribution in [2.75, 3.05) is 32.7 Å². The fraction of sp³-hybridized carbons (Fsp3) is 0.583. The van der Waals surface area contributed by atoms with Gasteiger partial charge in [0.1, 0.15) is 11.7 Å². The van der Waals surface area contributed by atoms with Gasteiger partial charge in [-0.05, 0) is 0 Å².